The van der Waals surface area contributed by atoms with Gasteiger partial charge in [-0.3, -0.25) is 0 Å². The number of fused-ring (bicyclic) bond motifs is 1. The van der Waals surface area contributed by atoms with Crippen LogP contribution < -0.4 is 0 Å². The zero-order chi connectivity index (χ0) is 9.26. The number of epoxide rings is 1. The van der Waals surface area contributed by atoms with Crippen molar-refractivity contribution in [3.63, 3.8) is 0 Å². The van der Waals surface area contributed by atoms with Gasteiger partial charge < -0.3 is 9.84 Å². The molecule has 13 heavy (non-hydrogen) atoms. The van der Waals surface area contributed by atoms with Crippen molar-refractivity contribution >= 4 is 5.97 Å². The van der Waals surface area contributed by atoms with Crippen molar-refractivity contribution in [1.82, 2.24) is 0 Å². The van der Waals surface area contributed by atoms with Gasteiger partial charge in [0.2, 0.25) is 0 Å². The second-order valence-electron chi connectivity index (χ2n) is 3.87. The number of carboxylic acid groups (broad SMARTS) is 1. The number of carbonyl (C=O) groups is 1. The number of hydrogen-bond donors (Lipinski definition) is 1. The minimum atomic E-state index is -0.851. The highest BCUT2D eigenvalue weighted by Gasteiger charge is 2.43. The molecule has 3 nitrogen and oxygen atoms in total. The van der Waals surface area contributed by atoms with Crippen LogP contribution in [0.25, 0.3) is 0 Å². The molecule has 3 heteroatoms. The van der Waals surface area contributed by atoms with Crippen molar-refractivity contribution in [1.29, 1.82) is 0 Å². The third kappa shape index (κ3) is 2.31. The van der Waals surface area contributed by atoms with Crippen molar-refractivity contribution in [2.24, 2.45) is 5.92 Å². The summed E-state index contributed by atoms with van der Waals surface area (Å²) in [5.74, 6) is -0.212. The third-order valence-corrected chi connectivity index (χ3v) is 2.84. The molecule has 0 bridgehead atoms. The first-order valence-corrected chi connectivity index (χ1v) is 4.80. The maximum absolute atomic E-state index is 10.2. The van der Waals surface area contributed by atoms with Crippen molar-refractivity contribution < 1.29 is 14.6 Å². The lowest BCUT2D eigenvalue weighted by molar-refractivity contribution is -0.131. The summed E-state index contributed by atoms with van der Waals surface area (Å²) in [6, 6.07) is 0. The summed E-state index contributed by atoms with van der Waals surface area (Å²) < 4.78 is 5.40. The largest absolute Gasteiger partial charge is 0.478 e. The second kappa shape index (κ2) is 3.50. The van der Waals surface area contributed by atoms with Crippen LogP contribution >= 0.6 is 0 Å². The van der Waals surface area contributed by atoms with E-state index in [4.69, 9.17) is 9.84 Å². The van der Waals surface area contributed by atoms with Crippen LogP contribution in [0.1, 0.15) is 25.7 Å². The Labute approximate surface area is 77.4 Å². The summed E-state index contributed by atoms with van der Waals surface area (Å²) >= 11 is 0. The molecular formula is C10H14O3. The van der Waals surface area contributed by atoms with Gasteiger partial charge >= 0.3 is 5.97 Å². The molecule has 2 fully saturated rings. The molecule has 1 aliphatic carbocycles. The Hall–Kier alpha value is -0.830. The molecule has 3 unspecified atom stereocenters. The van der Waals surface area contributed by atoms with Gasteiger partial charge in [-0.2, -0.15) is 0 Å². The van der Waals surface area contributed by atoms with Crippen molar-refractivity contribution in [3.8, 4) is 0 Å². The lowest BCUT2D eigenvalue weighted by Crippen LogP contribution is -2.12. The highest BCUT2D eigenvalue weighted by molar-refractivity contribution is 5.79. The summed E-state index contributed by atoms with van der Waals surface area (Å²) in [6.07, 6.45) is 8.39. The fourth-order valence-electron chi connectivity index (χ4n) is 2.06. The van der Waals surface area contributed by atoms with Gasteiger partial charge in [0.05, 0.1) is 12.2 Å². The molecule has 3 atom stereocenters. The standard InChI is InChI=1S/C10H14O3/c11-10(12)3-1-2-7-4-5-8-9(6-7)13-8/h1,3,7-9H,2,4-6H2,(H,11,12). The zero-order valence-electron chi connectivity index (χ0n) is 7.48. The van der Waals surface area contributed by atoms with E-state index in [0.717, 1.165) is 19.3 Å². The van der Waals surface area contributed by atoms with Crippen LogP contribution in [0.15, 0.2) is 12.2 Å². The van der Waals surface area contributed by atoms with Crippen LogP contribution in [-0.2, 0) is 9.53 Å². The van der Waals surface area contributed by atoms with E-state index in [1.54, 1.807) is 6.08 Å². The molecule has 1 saturated carbocycles. The molecule has 0 aromatic carbocycles. The maximum atomic E-state index is 10.2. The van der Waals surface area contributed by atoms with E-state index < -0.39 is 5.97 Å². The normalized spacial score (nSPS) is 37.4. The smallest absolute Gasteiger partial charge is 0.327 e. The van der Waals surface area contributed by atoms with E-state index in [-0.39, 0.29) is 0 Å². The number of hydrogen-bond acceptors (Lipinski definition) is 2. The summed E-state index contributed by atoms with van der Waals surface area (Å²) in [5.41, 5.74) is 0. The molecule has 2 aliphatic rings. The molecule has 2 rings (SSSR count). The Morgan fingerprint density at radius 1 is 1.46 bits per heavy atom. The lowest BCUT2D eigenvalue weighted by atomic mass is 9.87. The van der Waals surface area contributed by atoms with Gasteiger partial charge in [0.1, 0.15) is 0 Å². The van der Waals surface area contributed by atoms with E-state index in [1.807, 2.05) is 0 Å². The minimum Gasteiger partial charge on any atom is -0.478 e. The molecule has 0 aromatic heterocycles. The molecule has 1 heterocycles. The SMILES string of the molecule is O=C(O)C=CCC1CCC2OC2C1. The second-order valence-corrected chi connectivity index (χ2v) is 3.87. The average molecular weight is 182 g/mol. The number of aliphatic carboxylic acids is 1. The monoisotopic (exact) mass is 182 g/mol. The highest BCUT2D eigenvalue weighted by atomic mass is 16.6. The molecule has 0 aromatic rings. The summed E-state index contributed by atoms with van der Waals surface area (Å²) in [7, 11) is 0. The Kier molecular flexibility index (Phi) is 2.36. The molecule has 0 radical (unpaired) electrons. The number of rotatable bonds is 3. The topological polar surface area (TPSA) is 49.8 Å². The van der Waals surface area contributed by atoms with Crippen molar-refractivity contribution in [2.45, 2.75) is 37.9 Å². The predicted molar refractivity (Wildman–Crippen MR) is 47.4 cm³/mol. The van der Waals surface area contributed by atoms with Gasteiger partial charge in [0, 0.05) is 6.08 Å². The van der Waals surface area contributed by atoms with Crippen LogP contribution in [0.2, 0.25) is 0 Å². The Morgan fingerprint density at radius 2 is 2.31 bits per heavy atom. The van der Waals surface area contributed by atoms with Gasteiger partial charge in [0.25, 0.3) is 0 Å². The van der Waals surface area contributed by atoms with Crippen LogP contribution in [0, 0.1) is 5.92 Å². The van der Waals surface area contributed by atoms with Crippen LogP contribution in [0.4, 0.5) is 0 Å². The summed E-state index contributed by atoms with van der Waals surface area (Å²) in [4.78, 5) is 10.2. The van der Waals surface area contributed by atoms with Crippen LogP contribution in [-0.4, -0.2) is 23.3 Å². The van der Waals surface area contributed by atoms with Crippen molar-refractivity contribution in [3.05, 3.63) is 12.2 Å². The predicted octanol–water partition coefficient (Wildman–Crippen LogP) is 1.58. The molecule has 1 aliphatic heterocycles. The van der Waals surface area contributed by atoms with Gasteiger partial charge in [-0.05, 0) is 31.6 Å². The molecule has 72 valence electrons. The van der Waals surface area contributed by atoms with Crippen LogP contribution in [0.5, 0.6) is 0 Å². The summed E-state index contributed by atoms with van der Waals surface area (Å²) in [5, 5.41) is 8.39. The first-order chi connectivity index (χ1) is 6.25. The van der Waals surface area contributed by atoms with E-state index in [0.29, 0.717) is 18.1 Å². The molecule has 1 saturated heterocycles. The average Bonchev–Trinajstić information content (AvgIpc) is 2.81. The van der Waals surface area contributed by atoms with E-state index in [1.165, 1.54) is 12.5 Å². The number of ether oxygens (including phenoxy) is 1. The molecular weight excluding hydrogens is 168 g/mol. The first-order valence-electron chi connectivity index (χ1n) is 4.80. The quantitative estimate of drug-likeness (QED) is 0.532. The Balaban J connectivity index is 1.72. The van der Waals surface area contributed by atoms with Gasteiger partial charge in [-0.15, -0.1) is 0 Å². The van der Waals surface area contributed by atoms with E-state index >= 15 is 0 Å². The fourth-order valence-corrected chi connectivity index (χ4v) is 2.06. The van der Waals surface area contributed by atoms with Gasteiger partial charge in [-0.25, -0.2) is 4.79 Å². The van der Waals surface area contributed by atoms with Gasteiger partial charge in [-0.1, -0.05) is 6.08 Å². The van der Waals surface area contributed by atoms with Crippen LogP contribution in [0.3, 0.4) is 0 Å². The van der Waals surface area contributed by atoms with E-state index in [2.05, 4.69) is 0 Å². The zero-order valence-corrected chi connectivity index (χ0v) is 7.48. The summed E-state index contributed by atoms with van der Waals surface area (Å²) in [6.45, 7) is 0. The third-order valence-electron chi connectivity index (χ3n) is 2.84. The minimum absolute atomic E-state index is 0.497. The van der Waals surface area contributed by atoms with Gasteiger partial charge in [0.15, 0.2) is 0 Å². The first kappa shape index (κ1) is 8.75. The maximum Gasteiger partial charge on any atom is 0.327 e. The highest BCUT2D eigenvalue weighted by Crippen LogP contribution is 2.40. The lowest BCUT2D eigenvalue weighted by Gasteiger charge is -2.16. The molecule has 1 N–H and O–H groups in total. The molecule has 0 spiro atoms. The Bertz CT molecular complexity index is 234. The van der Waals surface area contributed by atoms with E-state index in [9.17, 15) is 4.79 Å². The Morgan fingerprint density at radius 3 is 3.00 bits per heavy atom. The number of allylic oxidation sites excluding steroid dienone is 1. The molecule has 0 amide bonds. The fraction of sp³-hybridized carbons (Fsp3) is 0.700. The number of carboxylic acids is 1. The van der Waals surface area contributed by atoms with Crippen molar-refractivity contribution in [2.75, 3.05) is 0 Å².